The van der Waals surface area contributed by atoms with Gasteiger partial charge in [0.15, 0.2) is 5.66 Å². The van der Waals surface area contributed by atoms with Crippen molar-refractivity contribution in [3.63, 3.8) is 0 Å². The Labute approximate surface area is 266 Å². The molecule has 0 bridgehead atoms. The number of fused-ring (bicyclic) bond motifs is 1. The van der Waals surface area contributed by atoms with E-state index in [0.29, 0.717) is 27.3 Å². The number of amides is 1. The number of rotatable bonds is 12. The van der Waals surface area contributed by atoms with Gasteiger partial charge in [-0.05, 0) is 88.2 Å². The zero-order chi connectivity index (χ0) is 32.7. The number of halogens is 1. The zero-order valence-electron chi connectivity index (χ0n) is 25.7. The van der Waals surface area contributed by atoms with Gasteiger partial charge in [0.05, 0.1) is 17.9 Å². The number of carbonyl (C=O) groups excluding carboxylic acids is 3. The first-order valence-corrected chi connectivity index (χ1v) is 16.4. The lowest BCUT2D eigenvalue weighted by molar-refractivity contribution is -0.162. The van der Waals surface area contributed by atoms with Gasteiger partial charge < -0.3 is 19.5 Å². The van der Waals surface area contributed by atoms with Gasteiger partial charge in [-0.15, -0.1) is 11.3 Å². The summed E-state index contributed by atoms with van der Waals surface area (Å²) in [7, 11) is -3.07. The van der Waals surface area contributed by atoms with Crippen LogP contribution in [0.1, 0.15) is 58.3 Å². The monoisotopic (exact) mass is 665 g/mol. The molecule has 238 valence electrons. The Hall–Kier alpha value is -3.21. The largest absolute Gasteiger partial charge is 0.496 e. The molecule has 1 amide bonds. The van der Waals surface area contributed by atoms with E-state index in [0.717, 1.165) is 4.70 Å². The number of esters is 2. The third-order valence-electron chi connectivity index (χ3n) is 6.12. The average molecular weight is 666 g/mol. The Kier molecular flexibility index (Phi) is 11.8. The molecular weight excluding hydrogens is 629 g/mol. The summed E-state index contributed by atoms with van der Waals surface area (Å²) in [6, 6.07) is 12.3. The molecule has 1 atom stereocenters. The minimum atomic E-state index is -4.60. The predicted molar refractivity (Wildman–Crippen MR) is 170 cm³/mol. The molecule has 13 heteroatoms. The van der Waals surface area contributed by atoms with Gasteiger partial charge in [0, 0.05) is 21.5 Å². The number of para-hydroxylation sites is 1. The molecule has 3 rings (SSSR count). The minimum absolute atomic E-state index is 0.295. The van der Waals surface area contributed by atoms with Crippen LogP contribution < -0.4 is 10.1 Å². The van der Waals surface area contributed by atoms with Crippen molar-refractivity contribution >= 4 is 64.5 Å². The van der Waals surface area contributed by atoms with Crippen molar-refractivity contribution < 1.29 is 42.2 Å². The second kappa shape index (κ2) is 14.7. The lowest BCUT2D eigenvalue weighted by atomic mass is 9.98. The highest BCUT2D eigenvalue weighted by molar-refractivity contribution is 7.55. The van der Waals surface area contributed by atoms with E-state index in [1.54, 1.807) is 83.3 Å². The van der Waals surface area contributed by atoms with Crippen LogP contribution in [0.3, 0.4) is 0 Å². The van der Waals surface area contributed by atoms with Gasteiger partial charge in [-0.3, -0.25) is 28.0 Å². The predicted octanol–water partition coefficient (Wildman–Crippen LogP) is 7.71. The number of nitrogens with one attached hydrogen (secondary N) is 1. The number of thiophene rings is 1. The molecular formula is C31H37ClNO9PS. The number of hydrogen-bond donors (Lipinski definition) is 1. The van der Waals surface area contributed by atoms with E-state index in [4.69, 9.17) is 34.9 Å². The fourth-order valence-electron chi connectivity index (χ4n) is 3.71. The zero-order valence-corrected chi connectivity index (χ0v) is 28.1. The Balaban J connectivity index is 2.03. The first kappa shape index (κ1) is 35.3. The molecule has 1 aromatic heterocycles. The number of carbonyl (C=O) groups is 3. The molecule has 1 N–H and O–H groups in total. The average Bonchev–Trinajstić information content (AvgIpc) is 3.34. The summed E-state index contributed by atoms with van der Waals surface area (Å²) in [6.07, 6.45) is 2.98. The van der Waals surface area contributed by atoms with Crippen LogP contribution >= 0.6 is 30.5 Å². The molecule has 10 nitrogen and oxygen atoms in total. The maximum Gasteiger partial charge on any atom is 0.353 e. The van der Waals surface area contributed by atoms with Gasteiger partial charge in [0.25, 0.3) is 0 Å². The highest BCUT2D eigenvalue weighted by Crippen LogP contribution is 2.62. The highest BCUT2D eigenvalue weighted by atomic mass is 35.5. The summed E-state index contributed by atoms with van der Waals surface area (Å²) in [6.45, 7) is 8.28. The quantitative estimate of drug-likeness (QED) is 0.118. The molecule has 1 heterocycles. The summed E-state index contributed by atoms with van der Waals surface area (Å²) in [5, 5.41) is 5.24. The van der Waals surface area contributed by atoms with Crippen LogP contribution in [0.4, 0.5) is 0 Å². The lowest BCUT2D eigenvalue weighted by Gasteiger charge is -2.27. The SMILES string of the molecule is COc1ccccc1/C=C/NC(=O)C(c1csc2ccc(Cl)cc12)P(=O)(OCOC(=O)C(C)(C)C)OCOC(=O)C(C)(C)C. The molecule has 0 aliphatic heterocycles. The van der Waals surface area contributed by atoms with Gasteiger partial charge >= 0.3 is 19.5 Å². The van der Waals surface area contributed by atoms with Crippen LogP contribution in [0.5, 0.6) is 5.75 Å². The van der Waals surface area contributed by atoms with E-state index in [1.165, 1.54) is 24.6 Å². The van der Waals surface area contributed by atoms with Crippen LogP contribution in [-0.2, 0) is 37.5 Å². The second-order valence-electron chi connectivity index (χ2n) is 11.7. The molecule has 0 radical (unpaired) electrons. The summed E-state index contributed by atoms with van der Waals surface area (Å²) < 4.78 is 42.4. The maximum atomic E-state index is 14.6. The third-order valence-corrected chi connectivity index (χ3v) is 9.41. The number of hydrogen-bond acceptors (Lipinski definition) is 10. The van der Waals surface area contributed by atoms with E-state index in [9.17, 15) is 18.9 Å². The molecule has 0 aliphatic carbocycles. The molecule has 0 saturated carbocycles. The van der Waals surface area contributed by atoms with Gasteiger partial charge in [0.1, 0.15) is 5.75 Å². The van der Waals surface area contributed by atoms with E-state index in [1.807, 2.05) is 12.1 Å². The van der Waals surface area contributed by atoms with Crippen LogP contribution in [0, 0.1) is 10.8 Å². The summed E-state index contributed by atoms with van der Waals surface area (Å²) >= 11 is 7.58. The van der Waals surface area contributed by atoms with Crippen LogP contribution in [0.25, 0.3) is 16.2 Å². The normalized spacial score (nSPS) is 13.1. The van der Waals surface area contributed by atoms with E-state index >= 15 is 0 Å². The second-order valence-corrected chi connectivity index (χ2v) is 15.2. The molecule has 2 aromatic carbocycles. The number of methoxy groups -OCH3 is 1. The molecule has 0 aliphatic rings. The first-order chi connectivity index (χ1) is 20.6. The smallest absolute Gasteiger partial charge is 0.353 e. The minimum Gasteiger partial charge on any atom is -0.496 e. The van der Waals surface area contributed by atoms with Crippen LogP contribution in [-0.4, -0.2) is 38.5 Å². The number of ether oxygens (including phenoxy) is 3. The molecule has 0 fully saturated rings. The van der Waals surface area contributed by atoms with Gasteiger partial charge in [-0.1, -0.05) is 29.8 Å². The Morgan fingerprint density at radius 1 is 0.955 bits per heavy atom. The van der Waals surface area contributed by atoms with Crippen molar-refractivity contribution in [1.29, 1.82) is 0 Å². The maximum absolute atomic E-state index is 14.6. The fourth-order valence-corrected chi connectivity index (χ4v) is 6.64. The highest BCUT2D eigenvalue weighted by Gasteiger charge is 2.45. The summed E-state index contributed by atoms with van der Waals surface area (Å²) in [5.74, 6) is -1.44. The van der Waals surface area contributed by atoms with Crippen molar-refractivity contribution in [2.24, 2.45) is 10.8 Å². The standard InChI is InChI=1S/C31H37ClNO9PS/c1-30(2,3)28(35)39-18-41-43(37,42-19-40-29(36)31(4,5)6)26(23-17-44-25-13-12-21(32)16-22(23)25)27(34)33-15-14-20-10-8-9-11-24(20)38-7/h8-17,26H,18-19H2,1-7H3,(H,33,34)/b15-14+. The third kappa shape index (κ3) is 9.15. The van der Waals surface area contributed by atoms with Gasteiger partial charge in [0.2, 0.25) is 19.5 Å². The fraction of sp³-hybridized carbons (Fsp3) is 0.387. The molecule has 0 saturated heterocycles. The van der Waals surface area contributed by atoms with Crippen LogP contribution in [0.15, 0.2) is 54.0 Å². The number of benzene rings is 2. The van der Waals surface area contributed by atoms with Gasteiger partial charge in [-0.2, -0.15) is 0 Å². The summed E-state index contributed by atoms with van der Waals surface area (Å²) in [5.41, 5.74) is -2.37. The molecule has 0 spiro atoms. The lowest BCUT2D eigenvalue weighted by Crippen LogP contribution is -2.29. The van der Waals surface area contributed by atoms with E-state index in [2.05, 4.69) is 5.32 Å². The molecule has 3 aromatic rings. The van der Waals surface area contributed by atoms with Gasteiger partial charge in [-0.25, -0.2) is 0 Å². The Morgan fingerprint density at radius 2 is 1.55 bits per heavy atom. The molecule has 1 unspecified atom stereocenters. The van der Waals surface area contributed by atoms with Crippen molar-refractivity contribution in [3.05, 3.63) is 70.2 Å². The Morgan fingerprint density at radius 3 is 2.11 bits per heavy atom. The topological polar surface area (TPSA) is 126 Å². The van der Waals surface area contributed by atoms with E-state index in [-0.39, 0.29) is 0 Å². The summed E-state index contributed by atoms with van der Waals surface area (Å²) in [4.78, 5) is 38.8. The van der Waals surface area contributed by atoms with Crippen molar-refractivity contribution in [1.82, 2.24) is 5.32 Å². The first-order valence-electron chi connectivity index (χ1n) is 13.6. The van der Waals surface area contributed by atoms with Crippen LogP contribution in [0.2, 0.25) is 5.02 Å². The van der Waals surface area contributed by atoms with Crippen molar-refractivity contribution in [3.8, 4) is 5.75 Å². The molecule has 44 heavy (non-hydrogen) atoms. The van der Waals surface area contributed by atoms with Crippen molar-refractivity contribution in [2.45, 2.75) is 47.2 Å². The Bertz CT molecular complexity index is 1540. The van der Waals surface area contributed by atoms with Crippen molar-refractivity contribution in [2.75, 3.05) is 20.7 Å². The van der Waals surface area contributed by atoms with E-state index < -0.39 is 55.5 Å².